The van der Waals surface area contributed by atoms with Gasteiger partial charge in [-0.1, -0.05) is 0 Å². The van der Waals surface area contributed by atoms with Crippen LogP contribution in [0.3, 0.4) is 0 Å². The van der Waals surface area contributed by atoms with Crippen LogP contribution in [0.15, 0.2) is 18.2 Å². The highest BCUT2D eigenvalue weighted by atomic mass is 16.6. The maximum atomic E-state index is 11.0. The lowest BCUT2D eigenvalue weighted by atomic mass is 10.2. The summed E-state index contributed by atoms with van der Waals surface area (Å²) in [6.07, 6.45) is 0. The summed E-state index contributed by atoms with van der Waals surface area (Å²) in [5.41, 5.74) is 1.69. The smallest absolute Gasteiger partial charge is 0.258 e. The number of nitro groups is 2. The van der Waals surface area contributed by atoms with Gasteiger partial charge in [-0.3, -0.25) is 20.2 Å². The number of nitrogens with zero attached hydrogens (tertiary/aromatic N) is 4. The maximum Gasteiger partial charge on any atom is 0.313 e. The Kier molecular flexibility index (Phi) is 3.23. The molecule has 0 unspecified atom stereocenters. The van der Waals surface area contributed by atoms with Gasteiger partial charge in [0.1, 0.15) is 11.4 Å². The van der Waals surface area contributed by atoms with E-state index in [1.165, 1.54) is 16.8 Å². The minimum absolute atomic E-state index is 0.00443. The first-order valence-electron chi connectivity index (χ1n) is 5.79. The molecule has 8 heteroatoms. The summed E-state index contributed by atoms with van der Waals surface area (Å²) < 4.78 is 1.42. The number of nitro benzene ring substituents is 1. The second-order valence-corrected chi connectivity index (χ2v) is 4.42. The largest absolute Gasteiger partial charge is 0.313 e. The Morgan fingerprint density at radius 3 is 2.20 bits per heavy atom. The number of aromatic nitrogens is 2. The standard InChI is InChI=1S/C12H12N4O4/c1-7-6-10(4-5-11(7)15(17)18)14-9(3)12(16(19)20)8(2)13-14/h4-6H,1-3H3. The molecule has 0 spiro atoms. The van der Waals surface area contributed by atoms with Crippen LogP contribution in [0.2, 0.25) is 0 Å². The van der Waals surface area contributed by atoms with Crippen LogP contribution >= 0.6 is 0 Å². The monoisotopic (exact) mass is 276 g/mol. The molecule has 0 aliphatic heterocycles. The molecule has 1 aromatic carbocycles. The van der Waals surface area contributed by atoms with Crippen molar-refractivity contribution in [3.05, 3.63) is 55.4 Å². The third-order valence-electron chi connectivity index (χ3n) is 3.06. The number of hydrogen-bond acceptors (Lipinski definition) is 5. The molecule has 0 radical (unpaired) electrons. The van der Waals surface area contributed by atoms with Crippen LogP contribution in [-0.2, 0) is 0 Å². The van der Waals surface area contributed by atoms with Crippen LogP contribution in [0, 0.1) is 41.0 Å². The van der Waals surface area contributed by atoms with Gasteiger partial charge in [0.05, 0.1) is 15.5 Å². The Morgan fingerprint density at radius 1 is 1.10 bits per heavy atom. The van der Waals surface area contributed by atoms with E-state index in [0.29, 0.717) is 22.6 Å². The summed E-state index contributed by atoms with van der Waals surface area (Å²) in [6, 6.07) is 4.47. The topological polar surface area (TPSA) is 104 Å². The van der Waals surface area contributed by atoms with Crippen molar-refractivity contribution in [2.24, 2.45) is 0 Å². The number of rotatable bonds is 3. The van der Waals surface area contributed by atoms with Crippen molar-refractivity contribution in [1.82, 2.24) is 9.78 Å². The number of aryl methyl sites for hydroxylation is 2. The van der Waals surface area contributed by atoms with E-state index in [4.69, 9.17) is 0 Å². The van der Waals surface area contributed by atoms with Crippen molar-refractivity contribution in [3.63, 3.8) is 0 Å². The molecule has 0 aliphatic rings. The first-order chi connectivity index (χ1) is 9.32. The van der Waals surface area contributed by atoms with E-state index in [9.17, 15) is 20.2 Å². The predicted octanol–water partition coefficient (Wildman–Crippen LogP) is 2.61. The van der Waals surface area contributed by atoms with Crippen molar-refractivity contribution in [1.29, 1.82) is 0 Å². The van der Waals surface area contributed by atoms with Crippen molar-refractivity contribution in [3.8, 4) is 5.69 Å². The second kappa shape index (κ2) is 4.72. The van der Waals surface area contributed by atoms with Crippen LogP contribution in [-0.4, -0.2) is 19.6 Å². The summed E-state index contributed by atoms with van der Waals surface area (Å²) in [5, 5.41) is 25.9. The first-order valence-corrected chi connectivity index (χ1v) is 5.79. The molecule has 0 saturated carbocycles. The third kappa shape index (κ3) is 2.11. The van der Waals surface area contributed by atoms with E-state index in [0.717, 1.165) is 0 Å². The molecule has 0 amide bonds. The van der Waals surface area contributed by atoms with Gasteiger partial charge in [-0.2, -0.15) is 5.10 Å². The van der Waals surface area contributed by atoms with Gasteiger partial charge in [-0.15, -0.1) is 0 Å². The lowest BCUT2D eigenvalue weighted by molar-refractivity contribution is -0.386. The zero-order chi connectivity index (χ0) is 15.0. The van der Waals surface area contributed by atoms with E-state index in [1.807, 2.05) is 0 Å². The molecule has 104 valence electrons. The third-order valence-corrected chi connectivity index (χ3v) is 3.06. The normalized spacial score (nSPS) is 10.6. The Balaban J connectivity index is 2.58. The van der Waals surface area contributed by atoms with E-state index in [2.05, 4.69) is 5.10 Å². The molecule has 2 aromatic rings. The summed E-state index contributed by atoms with van der Waals surface area (Å²) >= 11 is 0. The Labute approximate surface area is 113 Å². The summed E-state index contributed by atoms with van der Waals surface area (Å²) in [5.74, 6) is 0. The van der Waals surface area contributed by atoms with Gasteiger partial charge in [-0.05, 0) is 32.9 Å². The quantitative estimate of drug-likeness (QED) is 0.633. The fourth-order valence-corrected chi connectivity index (χ4v) is 2.13. The molecule has 20 heavy (non-hydrogen) atoms. The van der Waals surface area contributed by atoms with Crippen molar-refractivity contribution >= 4 is 11.4 Å². The molecule has 8 nitrogen and oxygen atoms in total. The van der Waals surface area contributed by atoms with Gasteiger partial charge in [0, 0.05) is 11.6 Å². The molecule has 0 N–H and O–H groups in total. The van der Waals surface area contributed by atoms with Gasteiger partial charge in [0.2, 0.25) is 0 Å². The summed E-state index contributed by atoms with van der Waals surface area (Å²) in [7, 11) is 0. The van der Waals surface area contributed by atoms with Gasteiger partial charge >= 0.3 is 5.69 Å². The SMILES string of the molecule is Cc1cc(-n2nc(C)c([N+](=O)[O-])c2C)ccc1[N+](=O)[O-]. The van der Waals surface area contributed by atoms with Crippen LogP contribution < -0.4 is 0 Å². The van der Waals surface area contributed by atoms with Crippen molar-refractivity contribution in [2.45, 2.75) is 20.8 Å². The zero-order valence-corrected chi connectivity index (χ0v) is 11.2. The highest BCUT2D eigenvalue weighted by molar-refractivity contribution is 5.50. The van der Waals surface area contributed by atoms with Gasteiger partial charge in [0.15, 0.2) is 0 Å². The minimum Gasteiger partial charge on any atom is -0.258 e. The number of benzene rings is 1. The summed E-state index contributed by atoms with van der Waals surface area (Å²) in [6.45, 7) is 4.76. The molecule has 0 aliphatic carbocycles. The lowest BCUT2D eigenvalue weighted by Gasteiger charge is -2.05. The van der Waals surface area contributed by atoms with E-state index < -0.39 is 9.85 Å². The van der Waals surface area contributed by atoms with Crippen LogP contribution in [0.5, 0.6) is 0 Å². The predicted molar refractivity (Wildman–Crippen MR) is 71.1 cm³/mol. The van der Waals surface area contributed by atoms with E-state index >= 15 is 0 Å². The average molecular weight is 276 g/mol. The van der Waals surface area contributed by atoms with Crippen LogP contribution in [0.4, 0.5) is 11.4 Å². The first kappa shape index (κ1) is 13.7. The molecular weight excluding hydrogens is 264 g/mol. The average Bonchev–Trinajstić information content (AvgIpc) is 2.64. The van der Waals surface area contributed by atoms with Crippen LogP contribution in [0.25, 0.3) is 5.69 Å². The minimum atomic E-state index is -0.480. The van der Waals surface area contributed by atoms with Crippen molar-refractivity contribution in [2.75, 3.05) is 0 Å². The highest BCUT2D eigenvalue weighted by Gasteiger charge is 2.23. The molecule has 0 atom stereocenters. The highest BCUT2D eigenvalue weighted by Crippen LogP contribution is 2.27. The molecule has 0 bridgehead atoms. The molecule has 1 heterocycles. The Hall–Kier alpha value is -2.77. The molecule has 1 aromatic heterocycles. The fraction of sp³-hybridized carbons (Fsp3) is 0.250. The molecular formula is C12H12N4O4. The summed E-state index contributed by atoms with van der Waals surface area (Å²) in [4.78, 5) is 20.8. The van der Waals surface area contributed by atoms with Gasteiger partial charge in [0.25, 0.3) is 5.69 Å². The molecule has 0 fully saturated rings. The van der Waals surface area contributed by atoms with Gasteiger partial charge < -0.3 is 0 Å². The molecule has 0 saturated heterocycles. The second-order valence-electron chi connectivity index (χ2n) is 4.42. The van der Waals surface area contributed by atoms with E-state index in [1.54, 1.807) is 26.8 Å². The molecule has 2 rings (SSSR count). The Bertz CT molecular complexity index is 720. The maximum absolute atomic E-state index is 11.0. The van der Waals surface area contributed by atoms with Crippen LogP contribution in [0.1, 0.15) is 17.0 Å². The van der Waals surface area contributed by atoms with E-state index in [-0.39, 0.29) is 11.4 Å². The van der Waals surface area contributed by atoms with Gasteiger partial charge in [-0.25, -0.2) is 4.68 Å². The Morgan fingerprint density at radius 2 is 1.75 bits per heavy atom. The zero-order valence-electron chi connectivity index (χ0n) is 11.2. The lowest BCUT2D eigenvalue weighted by Crippen LogP contribution is -2.01. The van der Waals surface area contributed by atoms with Crippen molar-refractivity contribution < 1.29 is 9.85 Å². The number of hydrogen-bond donors (Lipinski definition) is 0. The fourth-order valence-electron chi connectivity index (χ4n) is 2.13.